The Hall–Kier alpha value is -1.46. The van der Waals surface area contributed by atoms with Crippen LogP contribution in [0.15, 0.2) is 0 Å². The number of aliphatic hydroxyl groups excluding tert-OH is 1. The van der Waals surface area contributed by atoms with Crippen LogP contribution in [0.2, 0.25) is 0 Å². The highest BCUT2D eigenvalue weighted by atomic mass is 16.3. The number of rotatable bonds is 6. The second-order valence-electron chi connectivity index (χ2n) is 6.89. The van der Waals surface area contributed by atoms with Gasteiger partial charge in [-0.3, -0.25) is 14.5 Å². The fraction of sp³-hybridized carbons (Fsp3) is 0.667. The zero-order valence-corrected chi connectivity index (χ0v) is 14.7. The van der Waals surface area contributed by atoms with Crippen LogP contribution in [0.1, 0.15) is 65.2 Å². The predicted octanol–water partition coefficient (Wildman–Crippen LogP) is 2.50. The van der Waals surface area contributed by atoms with Crippen molar-refractivity contribution in [3.05, 3.63) is 22.5 Å². The number of H-pyrrole nitrogens is 1. The van der Waals surface area contributed by atoms with Crippen LogP contribution in [-0.4, -0.2) is 52.8 Å². The molecule has 0 aromatic carbocycles. The van der Waals surface area contributed by atoms with Gasteiger partial charge in [0, 0.05) is 17.9 Å². The van der Waals surface area contributed by atoms with Crippen molar-refractivity contribution >= 4 is 11.6 Å². The van der Waals surface area contributed by atoms with Gasteiger partial charge >= 0.3 is 0 Å². The first-order valence-electron chi connectivity index (χ1n) is 8.40. The molecular weight excluding hydrogens is 292 g/mol. The number of aromatic nitrogens is 1. The summed E-state index contributed by atoms with van der Waals surface area (Å²) in [7, 11) is 0. The Morgan fingerprint density at radius 3 is 2.30 bits per heavy atom. The Morgan fingerprint density at radius 1 is 1.26 bits per heavy atom. The van der Waals surface area contributed by atoms with E-state index in [2.05, 4.69) is 16.8 Å². The number of ketones is 2. The van der Waals surface area contributed by atoms with Crippen LogP contribution in [0.5, 0.6) is 0 Å². The van der Waals surface area contributed by atoms with E-state index in [-0.39, 0.29) is 23.6 Å². The van der Waals surface area contributed by atoms with Gasteiger partial charge in [-0.05, 0) is 64.1 Å². The molecule has 0 bridgehead atoms. The van der Waals surface area contributed by atoms with Crippen molar-refractivity contribution in [2.24, 2.45) is 5.41 Å². The number of aromatic amines is 1. The van der Waals surface area contributed by atoms with E-state index in [1.807, 2.05) is 13.8 Å². The average molecular weight is 320 g/mol. The van der Waals surface area contributed by atoms with Gasteiger partial charge in [0.2, 0.25) is 0 Å². The molecule has 2 N–H and O–H groups in total. The number of aliphatic hydroxyl groups is 1. The molecule has 128 valence electrons. The molecule has 1 fully saturated rings. The second kappa shape index (κ2) is 6.97. The molecule has 1 aliphatic heterocycles. The topological polar surface area (TPSA) is 73.4 Å². The number of hydrogen-bond acceptors (Lipinski definition) is 4. The minimum atomic E-state index is -0.0102. The summed E-state index contributed by atoms with van der Waals surface area (Å²) in [6, 6.07) is 0. The fourth-order valence-electron chi connectivity index (χ4n) is 3.65. The maximum Gasteiger partial charge on any atom is 0.193 e. The number of aryl methyl sites for hydroxylation is 1. The highest BCUT2D eigenvalue weighted by Gasteiger charge is 2.33. The van der Waals surface area contributed by atoms with Gasteiger partial charge in [-0.2, -0.15) is 0 Å². The van der Waals surface area contributed by atoms with E-state index >= 15 is 0 Å². The molecule has 0 atom stereocenters. The Balaban J connectivity index is 2.04. The molecule has 1 aliphatic rings. The number of carbonyl (C=O) groups is 2. The van der Waals surface area contributed by atoms with Crippen molar-refractivity contribution < 1.29 is 14.7 Å². The van der Waals surface area contributed by atoms with Gasteiger partial charge in [-0.1, -0.05) is 6.92 Å². The SMILES string of the molecule is CCC1(CO)CCN(CC(=O)c2[nH]c(C)c(C(C)=O)c2C)CC1. The largest absolute Gasteiger partial charge is 0.396 e. The van der Waals surface area contributed by atoms with E-state index in [0.717, 1.165) is 43.6 Å². The lowest BCUT2D eigenvalue weighted by Crippen LogP contribution is -2.43. The number of hydrogen-bond donors (Lipinski definition) is 2. The lowest BCUT2D eigenvalue weighted by Gasteiger charge is -2.39. The van der Waals surface area contributed by atoms with E-state index in [9.17, 15) is 14.7 Å². The molecule has 0 amide bonds. The van der Waals surface area contributed by atoms with Crippen molar-refractivity contribution in [2.45, 2.75) is 47.0 Å². The molecule has 2 rings (SSSR count). The molecule has 1 aromatic heterocycles. The summed E-state index contributed by atoms with van der Waals surface area (Å²) in [6.07, 6.45) is 2.83. The Morgan fingerprint density at radius 2 is 1.87 bits per heavy atom. The van der Waals surface area contributed by atoms with E-state index in [1.54, 1.807) is 0 Å². The highest BCUT2D eigenvalue weighted by molar-refractivity contribution is 6.03. The van der Waals surface area contributed by atoms with E-state index in [1.165, 1.54) is 6.92 Å². The molecule has 1 saturated heterocycles. The van der Waals surface area contributed by atoms with Gasteiger partial charge in [-0.25, -0.2) is 0 Å². The third-order valence-electron chi connectivity index (χ3n) is 5.44. The quantitative estimate of drug-likeness (QED) is 0.790. The van der Waals surface area contributed by atoms with Gasteiger partial charge in [0.1, 0.15) is 0 Å². The third kappa shape index (κ3) is 3.56. The van der Waals surface area contributed by atoms with Crippen LogP contribution in [-0.2, 0) is 0 Å². The zero-order chi connectivity index (χ0) is 17.2. The summed E-state index contributed by atoms with van der Waals surface area (Å²) >= 11 is 0. The monoisotopic (exact) mass is 320 g/mol. The Bertz CT molecular complexity index is 590. The smallest absolute Gasteiger partial charge is 0.193 e. The first-order chi connectivity index (χ1) is 10.8. The molecule has 0 aliphatic carbocycles. The van der Waals surface area contributed by atoms with Crippen LogP contribution in [0.4, 0.5) is 0 Å². The van der Waals surface area contributed by atoms with Crippen molar-refractivity contribution in [1.82, 2.24) is 9.88 Å². The minimum Gasteiger partial charge on any atom is -0.396 e. The molecule has 0 spiro atoms. The molecule has 1 aromatic rings. The van der Waals surface area contributed by atoms with Gasteiger partial charge in [0.25, 0.3) is 0 Å². The number of nitrogens with zero attached hydrogens (tertiary/aromatic N) is 1. The number of likely N-dealkylation sites (tertiary alicyclic amines) is 1. The molecule has 5 heteroatoms. The van der Waals surface area contributed by atoms with E-state index in [0.29, 0.717) is 17.8 Å². The van der Waals surface area contributed by atoms with Crippen molar-refractivity contribution in [1.29, 1.82) is 0 Å². The third-order valence-corrected chi connectivity index (χ3v) is 5.44. The molecule has 0 saturated carbocycles. The first kappa shape index (κ1) is 17.9. The minimum absolute atomic E-state index is 0.0102. The van der Waals surface area contributed by atoms with E-state index < -0.39 is 0 Å². The maximum absolute atomic E-state index is 12.6. The van der Waals surface area contributed by atoms with Gasteiger partial charge in [-0.15, -0.1) is 0 Å². The van der Waals surface area contributed by atoms with Crippen LogP contribution in [0.3, 0.4) is 0 Å². The standard InChI is InChI=1S/C18H28N2O3/c1-5-18(11-21)6-8-20(9-7-18)10-15(23)17-12(2)16(14(4)22)13(3)19-17/h19,21H,5-11H2,1-4H3. The number of Topliss-reactive ketones (excluding diaryl/α,β-unsaturated/α-hetero) is 2. The molecule has 5 nitrogen and oxygen atoms in total. The second-order valence-corrected chi connectivity index (χ2v) is 6.89. The molecule has 2 heterocycles. The highest BCUT2D eigenvalue weighted by Crippen LogP contribution is 2.34. The van der Waals surface area contributed by atoms with Gasteiger partial charge in [0.05, 0.1) is 12.2 Å². The molecule has 23 heavy (non-hydrogen) atoms. The Labute approximate surface area is 138 Å². The van der Waals surface area contributed by atoms with Crippen molar-refractivity contribution in [3.8, 4) is 0 Å². The van der Waals surface area contributed by atoms with E-state index in [4.69, 9.17) is 0 Å². The van der Waals surface area contributed by atoms with Crippen LogP contribution >= 0.6 is 0 Å². The summed E-state index contributed by atoms with van der Waals surface area (Å²) in [4.78, 5) is 29.5. The van der Waals surface area contributed by atoms with Gasteiger partial charge in [0.15, 0.2) is 11.6 Å². The van der Waals surface area contributed by atoms with Crippen LogP contribution < -0.4 is 0 Å². The first-order valence-corrected chi connectivity index (χ1v) is 8.40. The van der Waals surface area contributed by atoms with Gasteiger partial charge < -0.3 is 10.1 Å². The van der Waals surface area contributed by atoms with Crippen molar-refractivity contribution in [3.63, 3.8) is 0 Å². The van der Waals surface area contributed by atoms with Crippen LogP contribution in [0, 0.1) is 19.3 Å². The number of piperidine rings is 1. The molecule has 0 unspecified atom stereocenters. The molecule has 0 radical (unpaired) electrons. The normalized spacial score (nSPS) is 18.1. The van der Waals surface area contributed by atoms with Crippen molar-refractivity contribution in [2.75, 3.05) is 26.2 Å². The summed E-state index contributed by atoms with van der Waals surface area (Å²) in [5.41, 5.74) is 2.75. The Kier molecular flexibility index (Phi) is 5.42. The lowest BCUT2D eigenvalue weighted by molar-refractivity contribution is 0.0399. The average Bonchev–Trinajstić information content (AvgIpc) is 2.83. The summed E-state index contributed by atoms with van der Waals surface area (Å²) < 4.78 is 0. The zero-order valence-electron chi connectivity index (χ0n) is 14.7. The number of nitrogens with one attached hydrogen (secondary N) is 1. The summed E-state index contributed by atoms with van der Waals surface area (Å²) in [6.45, 7) is 9.56. The summed E-state index contributed by atoms with van der Waals surface area (Å²) in [5, 5.41) is 9.59. The maximum atomic E-state index is 12.6. The summed E-state index contributed by atoms with van der Waals surface area (Å²) in [5.74, 6) is 0.0232. The molecular formula is C18H28N2O3. The number of carbonyl (C=O) groups excluding carboxylic acids is 2. The fourth-order valence-corrected chi connectivity index (χ4v) is 3.65. The lowest BCUT2D eigenvalue weighted by atomic mass is 9.77. The van der Waals surface area contributed by atoms with Crippen LogP contribution in [0.25, 0.3) is 0 Å². The predicted molar refractivity (Wildman–Crippen MR) is 90.1 cm³/mol.